The van der Waals surface area contributed by atoms with Crippen molar-refractivity contribution in [1.29, 1.82) is 0 Å². The highest BCUT2D eigenvalue weighted by atomic mass is 16.5. The Morgan fingerprint density at radius 3 is 1.30 bits per heavy atom. The first kappa shape index (κ1) is 66.3. The molecular formula is C75H88N2O10. The Kier molecular flexibility index (Phi) is 27.0. The van der Waals surface area contributed by atoms with Crippen LogP contribution in [0.25, 0.3) is 44.5 Å². The number of Topliss-reactive ketones (excluding diaryl/α,β-unsaturated/α-hetero) is 2. The van der Waals surface area contributed by atoms with Gasteiger partial charge in [-0.05, 0) is 194 Å². The zero-order valence-electron chi connectivity index (χ0n) is 50.4. The third kappa shape index (κ3) is 20.4. The maximum atomic E-state index is 13.2. The normalized spacial score (nSPS) is 15.0. The molecule has 8 aromatic rings. The second-order valence-electron chi connectivity index (χ2n) is 21.7. The summed E-state index contributed by atoms with van der Waals surface area (Å²) in [5, 5.41) is 25.0. The summed E-state index contributed by atoms with van der Waals surface area (Å²) in [5.74, 6) is 4.15. The minimum atomic E-state index is 0. The molecule has 2 atom stereocenters. The highest BCUT2D eigenvalue weighted by Gasteiger charge is 2.17. The van der Waals surface area contributed by atoms with Crippen LogP contribution in [0.5, 0.6) is 34.5 Å². The van der Waals surface area contributed by atoms with Crippen LogP contribution in [-0.4, -0.2) is 102 Å². The number of hydrogen-bond donors (Lipinski definition) is 4. The van der Waals surface area contributed by atoms with Gasteiger partial charge in [-0.15, -0.1) is 0 Å². The van der Waals surface area contributed by atoms with E-state index < -0.39 is 0 Å². The fourth-order valence-corrected chi connectivity index (χ4v) is 10.7. The SMILES string of the molecule is C.C1CCOC1.COc1cccc(-c2cc(C(=O)Cc3ccc(-c4ccc(O)cc4)cc3)ccc2OC)c1.COc1cccc(-c2cc(C(=O)Cc3ccc(-c4ccc(OCCC5CCCCN5)cc4)cc3)ccc2OC)c1.OCCC1CCCCN1. The Morgan fingerprint density at radius 1 is 0.471 bits per heavy atom. The molecule has 12 heteroatoms. The predicted molar refractivity (Wildman–Crippen MR) is 351 cm³/mol. The molecule has 3 heterocycles. The van der Waals surface area contributed by atoms with Gasteiger partial charge in [0.05, 0.1) is 35.0 Å². The average molecular weight is 1180 g/mol. The van der Waals surface area contributed by atoms with Gasteiger partial charge < -0.3 is 49.3 Å². The van der Waals surface area contributed by atoms with Gasteiger partial charge >= 0.3 is 0 Å². The van der Waals surface area contributed by atoms with Crippen molar-refractivity contribution in [3.63, 3.8) is 0 Å². The summed E-state index contributed by atoms with van der Waals surface area (Å²) in [6, 6.07) is 59.1. The molecule has 0 spiro atoms. The summed E-state index contributed by atoms with van der Waals surface area (Å²) in [6.45, 7) is 5.33. The molecule has 3 aliphatic rings. The lowest BCUT2D eigenvalue weighted by Crippen LogP contribution is -2.35. The smallest absolute Gasteiger partial charge is 0.167 e. The number of methoxy groups -OCH3 is 4. The summed E-state index contributed by atoms with van der Waals surface area (Å²) < 4.78 is 32.7. The number of rotatable bonds is 20. The van der Waals surface area contributed by atoms with Crippen molar-refractivity contribution in [3.05, 3.63) is 204 Å². The summed E-state index contributed by atoms with van der Waals surface area (Å²) in [5.41, 5.74) is 11.0. The molecule has 87 heavy (non-hydrogen) atoms. The number of hydrogen-bond acceptors (Lipinski definition) is 12. The second-order valence-corrected chi connectivity index (χ2v) is 21.7. The van der Waals surface area contributed by atoms with E-state index in [1.807, 2.05) is 140 Å². The van der Waals surface area contributed by atoms with Crippen molar-refractivity contribution in [2.75, 3.05) is 68.0 Å². The Hall–Kier alpha value is -8.26. The fourth-order valence-electron chi connectivity index (χ4n) is 10.7. The second kappa shape index (κ2) is 35.4. The van der Waals surface area contributed by atoms with Crippen LogP contribution < -0.4 is 34.3 Å². The molecule has 3 fully saturated rings. The van der Waals surface area contributed by atoms with Gasteiger partial charge in [0, 0.05) is 67.0 Å². The molecule has 3 saturated heterocycles. The van der Waals surface area contributed by atoms with E-state index >= 15 is 0 Å². The van der Waals surface area contributed by atoms with Gasteiger partial charge in [-0.25, -0.2) is 0 Å². The zero-order valence-corrected chi connectivity index (χ0v) is 50.4. The maximum Gasteiger partial charge on any atom is 0.167 e. The minimum Gasteiger partial charge on any atom is -0.508 e. The summed E-state index contributed by atoms with van der Waals surface area (Å²) in [4.78, 5) is 26.2. The predicted octanol–water partition coefficient (Wildman–Crippen LogP) is 15.5. The Bertz CT molecular complexity index is 3320. The molecule has 4 N–H and O–H groups in total. The molecular weight excluding hydrogens is 1090 g/mol. The number of aliphatic hydroxyl groups excluding tert-OH is 1. The first-order chi connectivity index (χ1) is 42.1. The molecule has 3 aliphatic heterocycles. The van der Waals surface area contributed by atoms with E-state index in [4.69, 9.17) is 33.5 Å². The number of ketones is 2. The molecule has 0 bridgehead atoms. The molecule has 12 nitrogen and oxygen atoms in total. The van der Waals surface area contributed by atoms with E-state index in [-0.39, 0.29) is 24.7 Å². The molecule has 0 saturated carbocycles. The molecule has 0 aliphatic carbocycles. The largest absolute Gasteiger partial charge is 0.508 e. The van der Waals surface area contributed by atoms with Crippen LogP contribution in [0.15, 0.2) is 182 Å². The standard InChI is InChI=1S/C35H37NO4.C28H24O4.C7H15NO.C4H8O.CH4/c1-38-32-8-5-6-28(23-32)33-24-29(15-18-35(33)39-2)34(37)22-25-9-11-26(12-10-25)27-13-16-31(17-14-27)40-21-19-30-7-3-4-20-36-30;1-31-25-5-3-4-22(17-25)26-18-23(12-15-28(26)32-2)27(30)16-19-6-8-20(9-7-19)21-10-13-24(29)14-11-21;9-6-4-7-3-1-2-5-8-7;1-2-4-5-3-1;/h5-6,8-18,23-24,30,36H,3-4,7,19-22H2,1-2H3;3-15,17-18,29H,16H2,1-2H3;7-9H,1-6H2;1-4H2;1H4. The molecule has 0 amide bonds. The number of phenolic OH excluding ortho intramolecular Hbond substituents is 1. The lowest BCUT2D eigenvalue weighted by Gasteiger charge is -2.23. The van der Waals surface area contributed by atoms with Crippen molar-refractivity contribution in [2.45, 2.75) is 96.6 Å². The number of phenols is 1. The summed E-state index contributed by atoms with van der Waals surface area (Å²) in [7, 11) is 6.53. The highest BCUT2D eigenvalue weighted by molar-refractivity contribution is 6.00. The summed E-state index contributed by atoms with van der Waals surface area (Å²) in [6.07, 6.45) is 12.9. The Balaban J connectivity index is 0.000000203. The van der Waals surface area contributed by atoms with E-state index in [1.165, 1.54) is 51.4 Å². The van der Waals surface area contributed by atoms with Crippen molar-refractivity contribution >= 4 is 11.6 Å². The first-order valence-corrected chi connectivity index (χ1v) is 30.2. The number of aliphatic hydroxyl groups is 1. The first-order valence-electron chi connectivity index (χ1n) is 30.2. The van der Waals surface area contributed by atoms with Crippen LogP contribution in [0.1, 0.15) is 103 Å². The molecule has 2 unspecified atom stereocenters. The summed E-state index contributed by atoms with van der Waals surface area (Å²) >= 11 is 0. The van der Waals surface area contributed by atoms with E-state index in [9.17, 15) is 14.7 Å². The van der Waals surface area contributed by atoms with Gasteiger partial charge in [0.2, 0.25) is 0 Å². The Morgan fingerprint density at radius 2 is 0.908 bits per heavy atom. The van der Waals surface area contributed by atoms with Gasteiger partial charge in [-0.2, -0.15) is 0 Å². The maximum absolute atomic E-state index is 13.2. The van der Waals surface area contributed by atoms with Gasteiger partial charge in [0.25, 0.3) is 0 Å². The third-order valence-corrected chi connectivity index (χ3v) is 15.7. The monoisotopic (exact) mass is 1180 g/mol. The number of carbonyl (C=O) groups excluding carboxylic acids is 2. The number of nitrogens with one attached hydrogen (secondary N) is 2. The van der Waals surface area contributed by atoms with Crippen LogP contribution in [0.4, 0.5) is 0 Å². The highest BCUT2D eigenvalue weighted by Crippen LogP contribution is 2.35. The van der Waals surface area contributed by atoms with Crippen LogP contribution in [-0.2, 0) is 17.6 Å². The third-order valence-electron chi connectivity index (χ3n) is 15.7. The number of aromatic hydroxyl groups is 1. The van der Waals surface area contributed by atoms with Crippen molar-refractivity contribution in [2.24, 2.45) is 0 Å². The van der Waals surface area contributed by atoms with E-state index in [2.05, 4.69) is 34.9 Å². The fraction of sp³-hybridized carbons (Fsp3) is 0.333. The molecule has 458 valence electrons. The van der Waals surface area contributed by atoms with Gasteiger partial charge in [-0.1, -0.05) is 117 Å². The number of benzene rings is 8. The van der Waals surface area contributed by atoms with E-state index in [1.54, 1.807) is 46.6 Å². The van der Waals surface area contributed by atoms with Crippen LogP contribution in [0.2, 0.25) is 0 Å². The minimum absolute atomic E-state index is 0. The van der Waals surface area contributed by atoms with Crippen LogP contribution in [0, 0.1) is 0 Å². The molecule has 0 radical (unpaired) electrons. The topological polar surface area (TPSA) is 154 Å². The van der Waals surface area contributed by atoms with Crippen molar-refractivity contribution < 1.29 is 48.2 Å². The quantitative estimate of drug-likeness (QED) is 0.0537. The van der Waals surface area contributed by atoms with Crippen molar-refractivity contribution in [1.82, 2.24) is 10.6 Å². The lowest BCUT2D eigenvalue weighted by atomic mass is 9.96. The zero-order chi connectivity index (χ0) is 60.3. The van der Waals surface area contributed by atoms with Gasteiger partial charge in [0.1, 0.15) is 34.5 Å². The molecule has 8 aromatic carbocycles. The number of ether oxygens (including phenoxy) is 6. The van der Waals surface area contributed by atoms with Crippen molar-refractivity contribution in [3.8, 4) is 79.0 Å². The molecule has 11 rings (SSSR count). The number of carbonyl (C=O) groups is 2. The van der Waals surface area contributed by atoms with E-state index in [0.29, 0.717) is 54.2 Å². The van der Waals surface area contributed by atoms with Crippen LogP contribution >= 0.6 is 0 Å². The van der Waals surface area contributed by atoms with Gasteiger partial charge in [0.15, 0.2) is 11.6 Å². The van der Waals surface area contributed by atoms with Gasteiger partial charge in [-0.3, -0.25) is 9.59 Å². The molecule has 0 aromatic heterocycles. The number of piperidine rings is 2. The van der Waals surface area contributed by atoms with E-state index in [0.717, 1.165) is 119 Å². The average Bonchev–Trinajstić information content (AvgIpc) is 4.22. The Labute approximate surface area is 515 Å². The van der Waals surface area contributed by atoms with Crippen LogP contribution in [0.3, 0.4) is 0 Å². The lowest BCUT2D eigenvalue weighted by molar-refractivity contribution is 0.0984.